The van der Waals surface area contributed by atoms with Crippen LogP contribution in [0.2, 0.25) is 0 Å². The smallest absolute Gasteiger partial charge is 0.343 e. The molecule has 2 aliphatic rings. The molecule has 2 nitrogen and oxygen atoms in total. The van der Waals surface area contributed by atoms with Crippen LogP contribution in [0.25, 0.3) is 0 Å². The number of hydrogen-bond donors (Lipinski definition) is 0. The number of carbonyl (C=O) groups is 1. The molecule has 4 unspecified atom stereocenters. The largest absolute Gasteiger partial charge is 0.423 e. The van der Waals surface area contributed by atoms with Crippen molar-refractivity contribution in [2.75, 3.05) is 0 Å². The molecule has 0 spiro atoms. The van der Waals surface area contributed by atoms with Gasteiger partial charge in [-0.3, -0.25) is 0 Å². The van der Waals surface area contributed by atoms with Crippen LogP contribution in [0.3, 0.4) is 0 Å². The molecular formula is C31H41FO2. The molecule has 2 aromatic rings. The first kappa shape index (κ1) is 24.9. The SMILES string of the molecule is CCCCCCCC1CCC2CC(c3ccc(C(=O)Oc4ccc(C)cc4)cc3F)CCC2C1. The fourth-order valence-corrected chi connectivity index (χ4v) is 6.33. The lowest BCUT2D eigenvalue weighted by Gasteiger charge is -2.42. The number of carbonyl (C=O) groups excluding carboxylic acids is 1. The Kier molecular flexibility index (Phi) is 8.80. The van der Waals surface area contributed by atoms with Gasteiger partial charge in [-0.15, -0.1) is 0 Å². The van der Waals surface area contributed by atoms with Gasteiger partial charge in [0, 0.05) is 0 Å². The molecular weight excluding hydrogens is 423 g/mol. The molecule has 0 radical (unpaired) electrons. The molecule has 184 valence electrons. The first-order valence-corrected chi connectivity index (χ1v) is 13.6. The Hall–Kier alpha value is -2.16. The highest BCUT2D eigenvalue weighted by Crippen LogP contribution is 2.48. The maximum atomic E-state index is 15.1. The average Bonchev–Trinajstić information content (AvgIpc) is 2.85. The van der Waals surface area contributed by atoms with Gasteiger partial charge < -0.3 is 4.74 Å². The summed E-state index contributed by atoms with van der Waals surface area (Å²) in [5, 5.41) is 0. The maximum absolute atomic E-state index is 15.1. The molecule has 2 aliphatic carbocycles. The van der Waals surface area contributed by atoms with E-state index < -0.39 is 5.97 Å². The molecule has 34 heavy (non-hydrogen) atoms. The highest BCUT2D eigenvalue weighted by molar-refractivity contribution is 5.91. The van der Waals surface area contributed by atoms with Crippen molar-refractivity contribution in [3.05, 3.63) is 65.0 Å². The van der Waals surface area contributed by atoms with Gasteiger partial charge in [-0.2, -0.15) is 0 Å². The summed E-state index contributed by atoms with van der Waals surface area (Å²) in [6.07, 6.45) is 15.7. The minimum Gasteiger partial charge on any atom is -0.423 e. The molecule has 0 bridgehead atoms. The first-order chi connectivity index (χ1) is 16.5. The summed E-state index contributed by atoms with van der Waals surface area (Å²) in [6.45, 7) is 4.26. The molecule has 3 heteroatoms. The Labute approximate surface area is 205 Å². The van der Waals surface area contributed by atoms with E-state index in [2.05, 4.69) is 6.92 Å². The Morgan fingerprint density at radius 3 is 2.41 bits per heavy atom. The van der Waals surface area contributed by atoms with Gasteiger partial charge in [0.05, 0.1) is 5.56 Å². The average molecular weight is 465 g/mol. The zero-order valence-corrected chi connectivity index (χ0v) is 21.0. The lowest BCUT2D eigenvalue weighted by Crippen LogP contribution is -2.30. The standard InChI is InChI=1S/C31H41FO2/c1-3-4-5-6-7-8-23-11-12-25-20-26(14-13-24(25)19-23)29-18-15-27(21-30(29)32)31(33)34-28-16-9-22(2)10-17-28/h9-10,15-18,21,23-26H,3-8,11-14,19-20H2,1-2H3. The van der Waals surface area contributed by atoms with E-state index in [1.54, 1.807) is 18.2 Å². The maximum Gasteiger partial charge on any atom is 0.343 e. The van der Waals surface area contributed by atoms with E-state index >= 15 is 4.39 Å². The fraction of sp³-hybridized carbons (Fsp3) is 0.581. The van der Waals surface area contributed by atoms with E-state index in [0.717, 1.165) is 41.7 Å². The monoisotopic (exact) mass is 464 g/mol. The third-order valence-corrected chi connectivity index (χ3v) is 8.35. The number of ether oxygens (including phenoxy) is 1. The van der Waals surface area contributed by atoms with E-state index in [1.807, 2.05) is 25.1 Å². The zero-order valence-electron chi connectivity index (χ0n) is 21.0. The molecule has 4 rings (SSSR count). The zero-order chi connectivity index (χ0) is 23.9. The normalized spacial score (nSPS) is 24.4. The minimum atomic E-state index is -0.508. The number of unbranched alkanes of at least 4 members (excludes halogenated alkanes) is 4. The van der Waals surface area contributed by atoms with Crippen LogP contribution in [0.15, 0.2) is 42.5 Å². The number of aryl methyl sites for hydroxylation is 1. The van der Waals surface area contributed by atoms with Gasteiger partial charge in [0.25, 0.3) is 0 Å². The number of hydrogen-bond acceptors (Lipinski definition) is 2. The lowest BCUT2D eigenvalue weighted by molar-refractivity contribution is 0.0734. The van der Waals surface area contributed by atoms with E-state index in [4.69, 9.17) is 4.74 Å². The second-order valence-electron chi connectivity index (χ2n) is 10.9. The molecule has 2 saturated carbocycles. The van der Waals surface area contributed by atoms with Crippen molar-refractivity contribution in [2.45, 2.75) is 96.8 Å². The quantitative estimate of drug-likeness (QED) is 0.210. The fourth-order valence-electron chi connectivity index (χ4n) is 6.33. The van der Waals surface area contributed by atoms with Gasteiger partial charge in [-0.25, -0.2) is 9.18 Å². The van der Waals surface area contributed by atoms with Gasteiger partial charge in [0.1, 0.15) is 11.6 Å². The van der Waals surface area contributed by atoms with Crippen LogP contribution >= 0.6 is 0 Å². The van der Waals surface area contributed by atoms with Crippen LogP contribution in [0.5, 0.6) is 5.75 Å². The van der Waals surface area contributed by atoms with Crippen LogP contribution in [0, 0.1) is 30.5 Å². The molecule has 0 saturated heterocycles. The van der Waals surface area contributed by atoms with Crippen molar-refractivity contribution < 1.29 is 13.9 Å². The van der Waals surface area contributed by atoms with Crippen LogP contribution in [0.1, 0.15) is 111 Å². The Morgan fingerprint density at radius 1 is 0.912 bits per heavy atom. The number of halogens is 1. The van der Waals surface area contributed by atoms with E-state index in [1.165, 1.54) is 70.3 Å². The third-order valence-electron chi connectivity index (χ3n) is 8.35. The summed E-state index contributed by atoms with van der Waals surface area (Å²) in [4.78, 5) is 12.5. The summed E-state index contributed by atoms with van der Waals surface area (Å²) in [5.41, 5.74) is 2.15. The van der Waals surface area contributed by atoms with Crippen molar-refractivity contribution in [3.8, 4) is 5.75 Å². The van der Waals surface area contributed by atoms with Crippen LogP contribution in [0.4, 0.5) is 4.39 Å². The van der Waals surface area contributed by atoms with Crippen molar-refractivity contribution in [2.24, 2.45) is 17.8 Å². The number of rotatable bonds is 9. The summed E-state index contributed by atoms with van der Waals surface area (Å²) >= 11 is 0. The Bertz CT molecular complexity index is 935. The molecule has 2 aromatic carbocycles. The van der Waals surface area contributed by atoms with Crippen molar-refractivity contribution in [1.29, 1.82) is 0 Å². The van der Waals surface area contributed by atoms with Gasteiger partial charge >= 0.3 is 5.97 Å². The van der Waals surface area contributed by atoms with E-state index in [9.17, 15) is 4.79 Å². The van der Waals surface area contributed by atoms with Crippen LogP contribution in [-0.4, -0.2) is 5.97 Å². The lowest BCUT2D eigenvalue weighted by atomic mass is 9.63. The van der Waals surface area contributed by atoms with Crippen molar-refractivity contribution in [1.82, 2.24) is 0 Å². The Balaban J connectivity index is 1.29. The molecule has 0 aromatic heterocycles. The number of fused-ring (bicyclic) bond motifs is 1. The van der Waals surface area contributed by atoms with Crippen LogP contribution < -0.4 is 4.74 Å². The van der Waals surface area contributed by atoms with Gasteiger partial charge in [-0.05, 0) is 92.5 Å². The summed E-state index contributed by atoms with van der Waals surface area (Å²) in [6, 6.07) is 12.2. The van der Waals surface area contributed by atoms with E-state index in [-0.39, 0.29) is 17.3 Å². The summed E-state index contributed by atoms with van der Waals surface area (Å²) in [5.74, 6) is 2.46. The minimum absolute atomic E-state index is 0.262. The predicted octanol–water partition coefficient (Wildman–Crippen LogP) is 9.01. The van der Waals surface area contributed by atoms with Crippen molar-refractivity contribution >= 4 is 5.97 Å². The van der Waals surface area contributed by atoms with Gasteiger partial charge in [-0.1, -0.05) is 75.6 Å². The Morgan fingerprint density at radius 2 is 1.65 bits per heavy atom. The summed E-state index contributed by atoms with van der Waals surface area (Å²) in [7, 11) is 0. The number of benzene rings is 2. The topological polar surface area (TPSA) is 26.3 Å². The van der Waals surface area contributed by atoms with Gasteiger partial charge in [0.2, 0.25) is 0 Å². The van der Waals surface area contributed by atoms with Crippen molar-refractivity contribution in [3.63, 3.8) is 0 Å². The molecule has 2 fully saturated rings. The summed E-state index contributed by atoms with van der Waals surface area (Å²) < 4.78 is 20.5. The molecule has 0 amide bonds. The second-order valence-corrected chi connectivity index (χ2v) is 10.9. The molecule has 0 aliphatic heterocycles. The molecule has 4 atom stereocenters. The van der Waals surface area contributed by atoms with Crippen LogP contribution in [-0.2, 0) is 0 Å². The highest BCUT2D eigenvalue weighted by Gasteiger charge is 2.36. The number of esters is 1. The second kappa shape index (κ2) is 12.0. The predicted molar refractivity (Wildman–Crippen MR) is 137 cm³/mol. The molecule has 0 N–H and O–H groups in total. The first-order valence-electron chi connectivity index (χ1n) is 13.6. The van der Waals surface area contributed by atoms with Gasteiger partial charge in [0.15, 0.2) is 0 Å². The van der Waals surface area contributed by atoms with E-state index in [0.29, 0.717) is 5.75 Å². The molecule has 0 heterocycles. The third kappa shape index (κ3) is 6.49. The highest BCUT2D eigenvalue weighted by atomic mass is 19.1.